The van der Waals surface area contributed by atoms with Gasteiger partial charge in [-0.2, -0.15) is 0 Å². The smallest absolute Gasteiger partial charge is 0.0467 e. The molecule has 0 amide bonds. The average molecular weight is 331 g/mol. The SMILES string of the molecule is CCN(c1cccc(Cl)c1CBr)C1CCCCC1. The molecule has 1 nitrogen and oxygen atoms in total. The highest BCUT2D eigenvalue weighted by molar-refractivity contribution is 9.08. The van der Waals surface area contributed by atoms with Gasteiger partial charge < -0.3 is 4.90 Å². The van der Waals surface area contributed by atoms with Gasteiger partial charge in [0.25, 0.3) is 0 Å². The minimum atomic E-state index is 0.694. The summed E-state index contributed by atoms with van der Waals surface area (Å²) in [5, 5.41) is 1.70. The van der Waals surface area contributed by atoms with E-state index in [0.717, 1.165) is 16.9 Å². The molecule has 2 rings (SSSR count). The first-order valence-corrected chi connectivity index (χ1v) is 8.37. The van der Waals surface area contributed by atoms with Crippen LogP contribution in [0.1, 0.15) is 44.6 Å². The van der Waals surface area contributed by atoms with E-state index in [4.69, 9.17) is 11.6 Å². The van der Waals surface area contributed by atoms with Crippen molar-refractivity contribution >= 4 is 33.2 Å². The van der Waals surface area contributed by atoms with Gasteiger partial charge in [0, 0.05) is 34.2 Å². The number of nitrogens with zero attached hydrogens (tertiary/aromatic N) is 1. The van der Waals surface area contributed by atoms with E-state index in [1.54, 1.807) is 0 Å². The van der Waals surface area contributed by atoms with E-state index in [1.807, 2.05) is 6.07 Å². The monoisotopic (exact) mass is 329 g/mol. The molecular weight excluding hydrogens is 310 g/mol. The van der Waals surface area contributed by atoms with Crippen LogP contribution in [0.25, 0.3) is 0 Å². The van der Waals surface area contributed by atoms with E-state index < -0.39 is 0 Å². The second-order valence-corrected chi connectivity index (χ2v) is 5.92. The molecule has 0 N–H and O–H groups in total. The van der Waals surface area contributed by atoms with E-state index in [-0.39, 0.29) is 0 Å². The van der Waals surface area contributed by atoms with Crippen molar-refractivity contribution in [1.29, 1.82) is 0 Å². The summed E-state index contributed by atoms with van der Waals surface area (Å²) in [6.07, 6.45) is 6.77. The van der Waals surface area contributed by atoms with Gasteiger partial charge in [-0.1, -0.05) is 52.9 Å². The first-order chi connectivity index (χ1) is 8.77. The van der Waals surface area contributed by atoms with Crippen molar-refractivity contribution in [3.05, 3.63) is 28.8 Å². The van der Waals surface area contributed by atoms with Crippen molar-refractivity contribution < 1.29 is 0 Å². The van der Waals surface area contributed by atoms with Crippen molar-refractivity contribution in [2.75, 3.05) is 11.4 Å². The van der Waals surface area contributed by atoms with E-state index in [1.165, 1.54) is 43.4 Å². The van der Waals surface area contributed by atoms with Crippen molar-refractivity contribution in [2.45, 2.75) is 50.4 Å². The number of hydrogen-bond donors (Lipinski definition) is 0. The van der Waals surface area contributed by atoms with Gasteiger partial charge in [-0.05, 0) is 31.9 Å². The summed E-state index contributed by atoms with van der Waals surface area (Å²) in [5.74, 6) is 0. The molecule has 1 aromatic carbocycles. The number of alkyl halides is 1. The van der Waals surface area contributed by atoms with E-state index in [2.05, 4.69) is 39.9 Å². The van der Waals surface area contributed by atoms with Crippen LogP contribution in [0, 0.1) is 0 Å². The summed E-state index contributed by atoms with van der Waals surface area (Å²) in [6, 6.07) is 6.95. The van der Waals surface area contributed by atoms with Crippen LogP contribution in [0.15, 0.2) is 18.2 Å². The molecule has 1 saturated carbocycles. The van der Waals surface area contributed by atoms with Gasteiger partial charge in [0.2, 0.25) is 0 Å². The van der Waals surface area contributed by atoms with Gasteiger partial charge in [0.15, 0.2) is 0 Å². The maximum absolute atomic E-state index is 6.31. The quantitative estimate of drug-likeness (QED) is 0.669. The Hall–Kier alpha value is -0.210. The minimum absolute atomic E-state index is 0.694. The van der Waals surface area contributed by atoms with Gasteiger partial charge in [-0.25, -0.2) is 0 Å². The maximum Gasteiger partial charge on any atom is 0.0467 e. The summed E-state index contributed by atoms with van der Waals surface area (Å²) in [4.78, 5) is 2.54. The van der Waals surface area contributed by atoms with Crippen LogP contribution < -0.4 is 4.90 Å². The summed E-state index contributed by atoms with van der Waals surface area (Å²) < 4.78 is 0. The number of halogens is 2. The first kappa shape index (κ1) is 14.2. The standard InChI is InChI=1S/C15H21BrClN/c1-2-18(12-7-4-3-5-8-12)15-10-6-9-14(17)13(15)11-16/h6,9-10,12H,2-5,7-8,11H2,1H3. The second-order valence-electron chi connectivity index (χ2n) is 4.95. The number of rotatable bonds is 4. The third-order valence-corrected chi connectivity index (χ3v) is 4.81. The number of anilines is 1. The van der Waals surface area contributed by atoms with Crippen LogP contribution >= 0.6 is 27.5 Å². The molecule has 0 saturated heterocycles. The van der Waals surface area contributed by atoms with Gasteiger partial charge in [0.05, 0.1) is 0 Å². The van der Waals surface area contributed by atoms with Crippen LogP contribution in [-0.4, -0.2) is 12.6 Å². The lowest BCUT2D eigenvalue weighted by Crippen LogP contribution is -2.37. The van der Waals surface area contributed by atoms with E-state index in [0.29, 0.717) is 6.04 Å². The highest BCUT2D eigenvalue weighted by Crippen LogP contribution is 2.33. The molecule has 3 heteroatoms. The van der Waals surface area contributed by atoms with Crippen LogP contribution in [0.3, 0.4) is 0 Å². The van der Waals surface area contributed by atoms with Gasteiger partial charge in [0.1, 0.15) is 0 Å². The molecule has 0 radical (unpaired) electrons. The Labute approximate surface area is 124 Å². The lowest BCUT2D eigenvalue weighted by Gasteiger charge is -2.36. The van der Waals surface area contributed by atoms with E-state index >= 15 is 0 Å². The molecule has 0 bridgehead atoms. The van der Waals surface area contributed by atoms with Gasteiger partial charge in [-0.15, -0.1) is 0 Å². The summed E-state index contributed by atoms with van der Waals surface area (Å²) in [7, 11) is 0. The Morgan fingerprint density at radius 2 is 2.00 bits per heavy atom. The zero-order valence-electron chi connectivity index (χ0n) is 11.0. The fourth-order valence-corrected chi connectivity index (χ4v) is 3.95. The molecule has 0 spiro atoms. The second kappa shape index (κ2) is 6.81. The number of benzene rings is 1. The fraction of sp³-hybridized carbons (Fsp3) is 0.600. The van der Waals surface area contributed by atoms with Gasteiger partial charge >= 0.3 is 0 Å². The Bertz CT molecular complexity index is 388. The Morgan fingerprint density at radius 1 is 1.28 bits per heavy atom. The highest BCUT2D eigenvalue weighted by Gasteiger charge is 2.22. The summed E-state index contributed by atoms with van der Waals surface area (Å²) in [6.45, 7) is 3.30. The predicted octanol–water partition coefficient (Wildman–Crippen LogP) is 5.39. The lowest BCUT2D eigenvalue weighted by molar-refractivity contribution is 0.418. The van der Waals surface area contributed by atoms with Crippen LogP contribution in [0.2, 0.25) is 5.02 Å². The maximum atomic E-state index is 6.31. The molecule has 0 heterocycles. The third-order valence-electron chi connectivity index (χ3n) is 3.89. The Kier molecular flexibility index (Phi) is 5.38. The molecule has 18 heavy (non-hydrogen) atoms. The zero-order valence-corrected chi connectivity index (χ0v) is 13.3. The normalized spacial score (nSPS) is 16.8. The largest absolute Gasteiger partial charge is 0.369 e. The molecule has 0 aromatic heterocycles. The topological polar surface area (TPSA) is 3.24 Å². The van der Waals surface area contributed by atoms with Crippen molar-refractivity contribution in [3.8, 4) is 0 Å². The Morgan fingerprint density at radius 3 is 2.61 bits per heavy atom. The minimum Gasteiger partial charge on any atom is -0.369 e. The molecule has 100 valence electrons. The van der Waals surface area contributed by atoms with Crippen LogP contribution in [-0.2, 0) is 5.33 Å². The molecular formula is C15H21BrClN. The average Bonchev–Trinajstić information content (AvgIpc) is 2.41. The zero-order chi connectivity index (χ0) is 13.0. The summed E-state index contributed by atoms with van der Waals surface area (Å²) in [5.41, 5.74) is 2.54. The van der Waals surface area contributed by atoms with Crippen molar-refractivity contribution in [1.82, 2.24) is 0 Å². The fourth-order valence-electron chi connectivity index (χ4n) is 2.97. The molecule has 0 aliphatic heterocycles. The third kappa shape index (κ3) is 3.03. The van der Waals surface area contributed by atoms with E-state index in [9.17, 15) is 0 Å². The molecule has 1 aromatic rings. The molecule has 1 fully saturated rings. The van der Waals surface area contributed by atoms with Gasteiger partial charge in [-0.3, -0.25) is 0 Å². The lowest BCUT2D eigenvalue weighted by atomic mass is 9.93. The number of hydrogen-bond acceptors (Lipinski definition) is 1. The highest BCUT2D eigenvalue weighted by atomic mass is 79.9. The molecule has 0 unspecified atom stereocenters. The predicted molar refractivity (Wildman–Crippen MR) is 84.0 cm³/mol. The Balaban J connectivity index is 2.28. The van der Waals surface area contributed by atoms with Crippen LogP contribution in [0.4, 0.5) is 5.69 Å². The van der Waals surface area contributed by atoms with Crippen molar-refractivity contribution in [3.63, 3.8) is 0 Å². The van der Waals surface area contributed by atoms with Crippen molar-refractivity contribution in [2.24, 2.45) is 0 Å². The van der Waals surface area contributed by atoms with Crippen LogP contribution in [0.5, 0.6) is 0 Å². The molecule has 1 aliphatic carbocycles. The molecule has 0 atom stereocenters. The summed E-state index contributed by atoms with van der Waals surface area (Å²) >= 11 is 9.88. The molecule has 1 aliphatic rings. The first-order valence-electron chi connectivity index (χ1n) is 6.88.